The summed E-state index contributed by atoms with van der Waals surface area (Å²) in [4.78, 5) is 36.1. The number of aliphatic hydroxyl groups is 3. The van der Waals surface area contributed by atoms with Crippen LogP contribution in [0.1, 0.15) is 85.4 Å². The number of amides is 3. The highest BCUT2D eigenvalue weighted by Crippen LogP contribution is 2.25. The van der Waals surface area contributed by atoms with Crippen molar-refractivity contribution in [2.24, 2.45) is 16.1 Å². The molecular weight excluding hydrogens is 847 g/mol. The quantitative estimate of drug-likeness (QED) is 0.0313. The van der Waals surface area contributed by atoms with Crippen LogP contribution >= 0.6 is 0 Å². The molecule has 0 saturated heterocycles. The van der Waals surface area contributed by atoms with Crippen molar-refractivity contribution in [3.63, 3.8) is 0 Å². The Morgan fingerprint density at radius 1 is 0.727 bits per heavy atom. The fraction of sp³-hybridized carbons (Fsp3) is 0.521. The summed E-state index contributed by atoms with van der Waals surface area (Å²) in [5, 5.41) is 59.6. The predicted octanol–water partition coefficient (Wildman–Crippen LogP) is 4.88. The molecular formula is C48H67N9O9. The van der Waals surface area contributed by atoms with Gasteiger partial charge in [-0.25, -0.2) is 0 Å². The van der Waals surface area contributed by atoms with Crippen molar-refractivity contribution >= 4 is 29.1 Å². The first kappa shape index (κ1) is 51.4. The Labute approximate surface area is 386 Å². The lowest BCUT2D eigenvalue weighted by molar-refractivity contribution is -0.118. The Morgan fingerprint density at radius 2 is 1.35 bits per heavy atom. The Morgan fingerprint density at radius 3 is 2.03 bits per heavy atom. The number of carbonyl (C=O) groups is 3. The highest BCUT2D eigenvalue weighted by molar-refractivity contribution is 5.95. The van der Waals surface area contributed by atoms with Gasteiger partial charge in [0.05, 0.1) is 68.9 Å². The molecule has 0 spiro atoms. The molecule has 3 aromatic carbocycles. The van der Waals surface area contributed by atoms with Gasteiger partial charge in [0.2, 0.25) is 5.91 Å². The second kappa shape index (κ2) is 29.1. The van der Waals surface area contributed by atoms with Gasteiger partial charge in [0, 0.05) is 69.3 Å². The molecule has 1 aromatic heterocycles. The largest absolute Gasteiger partial charge is 0.494 e. The van der Waals surface area contributed by atoms with Gasteiger partial charge in [-0.2, -0.15) is 10.2 Å². The summed E-state index contributed by atoms with van der Waals surface area (Å²) in [7, 11) is 0. The van der Waals surface area contributed by atoms with Gasteiger partial charge in [0.1, 0.15) is 11.4 Å². The number of hydrogen-bond donors (Lipinski definition) is 7. The molecule has 1 fully saturated rings. The molecule has 3 amide bonds. The molecule has 3 unspecified atom stereocenters. The van der Waals surface area contributed by atoms with E-state index in [2.05, 4.69) is 41.8 Å². The van der Waals surface area contributed by atoms with Crippen molar-refractivity contribution in [3.8, 4) is 17.0 Å². The van der Waals surface area contributed by atoms with E-state index in [1.54, 1.807) is 59.3 Å². The number of nitrogens with zero attached hydrogens (tertiary/aromatic N) is 5. The van der Waals surface area contributed by atoms with Crippen LogP contribution in [0.4, 0.5) is 11.4 Å². The number of aryl methyl sites for hydroxylation is 1. The zero-order chi connectivity index (χ0) is 46.8. The first-order valence-electron chi connectivity index (χ1n) is 23.1. The number of ether oxygens (including phenoxy) is 3. The van der Waals surface area contributed by atoms with Crippen LogP contribution in [0.5, 0.6) is 5.75 Å². The molecule has 1 heterocycles. The maximum Gasteiger partial charge on any atom is 0.251 e. The second-order valence-corrected chi connectivity index (χ2v) is 16.5. The number of benzene rings is 3. The maximum absolute atomic E-state index is 12.9. The van der Waals surface area contributed by atoms with Crippen LogP contribution in [0.25, 0.3) is 11.3 Å². The first-order valence-corrected chi connectivity index (χ1v) is 23.1. The van der Waals surface area contributed by atoms with Crippen LogP contribution in [0.3, 0.4) is 0 Å². The summed E-state index contributed by atoms with van der Waals surface area (Å²) in [6.45, 7) is 4.50. The van der Waals surface area contributed by atoms with Crippen LogP contribution in [-0.4, -0.2) is 132 Å². The predicted molar refractivity (Wildman–Crippen MR) is 249 cm³/mol. The molecule has 1 aliphatic rings. The van der Waals surface area contributed by atoms with E-state index in [-0.39, 0.29) is 50.7 Å². The topological polar surface area (TPSA) is 243 Å². The van der Waals surface area contributed by atoms with E-state index in [0.717, 1.165) is 18.4 Å². The van der Waals surface area contributed by atoms with E-state index in [9.17, 15) is 29.7 Å². The molecule has 0 bridgehead atoms. The monoisotopic (exact) mass is 914 g/mol. The summed E-state index contributed by atoms with van der Waals surface area (Å²) in [6, 6.07) is 21.0. The number of hydrogen-bond acceptors (Lipinski definition) is 14. The summed E-state index contributed by atoms with van der Waals surface area (Å²) in [5.41, 5.74) is 3.46. The SMILES string of the molecule is CC(=O)NCCNC(=O)c1ccc(N=Nc2ccc(OCCCn3cc(-c4cccc(C(=O)NCC(O)COCCOCC(O)CNCC(O)C5CCCCCCCC5)c4)nn3)cc2)cc1. The standard InChI is InChI=1S/C48H67N9O9/c1-35(58)50-22-23-51-47(62)37-14-16-40(17-15-37)53-54-41-18-20-44(21-19-41)66-25-9-24-57-32-45(55-56-57)38-12-8-13-39(28-38)48(63)52-30-43(60)34-65-27-26-64-33-42(59)29-49-31-46(61)36-10-6-4-2-3-5-7-11-36/h8,12-21,28,32,36,42-43,46,49,59-61H,2-7,9-11,22-27,29-31,33-34H2,1H3,(H,50,58)(H,51,62)(H,52,63). The third-order valence-corrected chi connectivity index (χ3v) is 11.0. The van der Waals surface area contributed by atoms with E-state index in [4.69, 9.17) is 14.2 Å². The van der Waals surface area contributed by atoms with Crippen LogP contribution in [-0.2, 0) is 20.8 Å². The minimum atomic E-state index is -0.921. The van der Waals surface area contributed by atoms with Gasteiger partial charge >= 0.3 is 0 Å². The molecule has 7 N–H and O–H groups in total. The van der Waals surface area contributed by atoms with Crippen molar-refractivity contribution in [2.45, 2.75) is 89.6 Å². The van der Waals surface area contributed by atoms with Gasteiger partial charge in [-0.15, -0.1) is 5.10 Å². The van der Waals surface area contributed by atoms with Crippen molar-refractivity contribution in [3.05, 3.63) is 90.1 Å². The number of rotatable bonds is 27. The van der Waals surface area contributed by atoms with Crippen molar-refractivity contribution in [1.29, 1.82) is 0 Å². The number of nitrogens with one attached hydrogen (secondary N) is 4. The average molecular weight is 914 g/mol. The Bertz CT molecular complexity index is 2060. The number of azo groups is 1. The normalized spacial score (nSPS) is 15.0. The van der Waals surface area contributed by atoms with Gasteiger partial charge < -0.3 is 50.8 Å². The third-order valence-electron chi connectivity index (χ3n) is 11.0. The summed E-state index contributed by atoms with van der Waals surface area (Å²) in [5.74, 6) is 0.257. The van der Waals surface area contributed by atoms with E-state index < -0.39 is 18.3 Å². The fourth-order valence-corrected chi connectivity index (χ4v) is 7.30. The van der Waals surface area contributed by atoms with E-state index in [1.807, 2.05) is 24.4 Å². The van der Waals surface area contributed by atoms with E-state index >= 15 is 0 Å². The smallest absolute Gasteiger partial charge is 0.251 e. The van der Waals surface area contributed by atoms with Gasteiger partial charge in [-0.05, 0) is 79.4 Å². The molecule has 358 valence electrons. The first-order chi connectivity index (χ1) is 32.1. The number of aromatic nitrogens is 3. The van der Waals surface area contributed by atoms with E-state index in [1.165, 1.54) is 45.4 Å². The molecule has 1 saturated carbocycles. The van der Waals surface area contributed by atoms with Crippen LogP contribution in [0.15, 0.2) is 89.2 Å². The Hall–Kier alpha value is -5.63. The lowest BCUT2D eigenvalue weighted by Gasteiger charge is -2.23. The van der Waals surface area contributed by atoms with Crippen molar-refractivity contribution in [2.75, 3.05) is 65.8 Å². The molecule has 66 heavy (non-hydrogen) atoms. The molecule has 18 nitrogen and oxygen atoms in total. The highest BCUT2D eigenvalue weighted by atomic mass is 16.5. The van der Waals surface area contributed by atoms with Gasteiger partial charge in [-0.1, -0.05) is 55.9 Å². The van der Waals surface area contributed by atoms with Crippen LogP contribution < -0.4 is 26.0 Å². The van der Waals surface area contributed by atoms with Crippen LogP contribution in [0, 0.1) is 5.92 Å². The molecule has 4 aromatic rings. The summed E-state index contributed by atoms with van der Waals surface area (Å²) < 4.78 is 18.6. The van der Waals surface area contributed by atoms with Crippen molar-refractivity contribution in [1.82, 2.24) is 36.3 Å². The summed E-state index contributed by atoms with van der Waals surface area (Å²) in [6.07, 6.45) is 9.96. The van der Waals surface area contributed by atoms with Gasteiger partial charge in [0.15, 0.2) is 0 Å². The highest BCUT2D eigenvalue weighted by Gasteiger charge is 2.20. The zero-order valence-corrected chi connectivity index (χ0v) is 38.0. The molecule has 5 rings (SSSR count). The number of carbonyl (C=O) groups excluding carboxylic acids is 3. The molecule has 0 aliphatic heterocycles. The minimum absolute atomic E-state index is 0.00152. The zero-order valence-electron chi connectivity index (χ0n) is 38.0. The third kappa shape index (κ3) is 19.5. The molecule has 1 aliphatic carbocycles. The van der Waals surface area contributed by atoms with Gasteiger partial charge in [0.25, 0.3) is 11.8 Å². The number of aliphatic hydroxyl groups excluding tert-OH is 3. The minimum Gasteiger partial charge on any atom is -0.494 e. The fourth-order valence-electron chi connectivity index (χ4n) is 7.30. The Kier molecular flexibility index (Phi) is 22.6. The lowest BCUT2D eigenvalue weighted by Crippen LogP contribution is -2.38. The average Bonchev–Trinajstić information content (AvgIpc) is 3.85. The molecule has 0 radical (unpaired) electrons. The Balaban J connectivity index is 0.909. The maximum atomic E-state index is 12.9. The van der Waals surface area contributed by atoms with Crippen molar-refractivity contribution < 1.29 is 43.9 Å². The second-order valence-electron chi connectivity index (χ2n) is 16.5. The molecule has 3 atom stereocenters. The van der Waals surface area contributed by atoms with Gasteiger partial charge in [-0.3, -0.25) is 19.1 Å². The van der Waals surface area contributed by atoms with E-state index in [0.29, 0.717) is 85.6 Å². The molecule has 18 heteroatoms. The van der Waals surface area contributed by atoms with Crippen LogP contribution in [0.2, 0.25) is 0 Å². The summed E-state index contributed by atoms with van der Waals surface area (Å²) >= 11 is 0. The lowest BCUT2D eigenvalue weighted by atomic mass is 9.91.